The summed E-state index contributed by atoms with van der Waals surface area (Å²) in [6.07, 6.45) is 23.5. The molecule has 0 aliphatic heterocycles. The lowest BCUT2D eigenvalue weighted by atomic mass is 10.1. The highest BCUT2D eigenvalue weighted by atomic mass is 14.8. The average molecular weight is 357 g/mol. The Hall–Kier alpha value is -0.0800. The quantitative estimate of drug-likeness (QED) is 0.240. The molecule has 154 valence electrons. The Labute approximate surface area is 161 Å². The van der Waals surface area contributed by atoms with Crippen LogP contribution in [-0.4, -0.2) is 19.6 Å². The summed E-state index contributed by atoms with van der Waals surface area (Å²) in [6, 6.07) is 0. The third-order valence-corrected chi connectivity index (χ3v) is 4.72. The van der Waals surface area contributed by atoms with E-state index in [0.29, 0.717) is 0 Å². The Morgan fingerprint density at radius 3 is 1.12 bits per heavy atom. The molecule has 0 unspecified atom stereocenters. The molecule has 0 amide bonds. The molecule has 2 heteroatoms. The van der Waals surface area contributed by atoms with Gasteiger partial charge < -0.3 is 11.1 Å². The zero-order chi connectivity index (χ0) is 18.8. The molecule has 3 N–H and O–H groups in total. The molecule has 25 heavy (non-hydrogen) atoms. The van der Waals surface area contributed by atoms with E-state index in [1.807, 2.05) is 0 Å². The Morgan fingerprint density at radius 2 is 0.760 bits per heavy atom. The molecule has 0 radical (unpaired) electrons. The van der Waals surface area contributed by atoms with Crippen LogP contribution in [0, 0.1) is 0 Å². The number of unbranched alkanes of at least 4 members (excludes halogenated alkanes) is 14. The monoisotopic (exact) mass is 356 g/mol. The summed E-state index contributed by atoms with van der Waals surface area (Å²) in [7, 11) is 0. The number of nitrogens with two attached hydrogens (primary N) is 1. The fourth-order valence-electron chi connectivity index (χ4n) is 2.93. The van der Waals surface area contributed by atoms with Crippen LogP contribution in [0.25, 0.3) is 0 Å². The molecular weight excluding hydrogens is 304 g/mol. The molecule has 0 bridgehead atoms. The summed E-state index contributed by atoms with van der Waals surface area (Å²) in [6.45, 7) is 10.1. The zero-order valence-corrected chi connectivity index (χ0v) is 18.2. The van der Waals surface area contributed by atoms with Crippen LogP contribution in [0.2, 0.25) is 0 Å². The predicted octanol–water partition coefficient (Wildman–Crippen LogP) is 7.21. The summed E-state index contributed by atoms with van der Waals surface area (Å²) < 4.78 is 0. The molecule has 0 aliphatic carbocycles. The van der Waals surface area contributed by atoms with Crippen LogP contribution in [0.5, 0.6) is 0 Å². The van der Waals surface area contributed by atoms with E-state index in [9.17, 15) is 0 Å². The number of rotatable bonds is 19. The van der Waals surface area contributed by atoms with Gasteiger partial charge in [-0.25, -0.2) is 0 Å². The van der Waals surface area contributed by atoms with Crippen LogP contribution in [0.3, 0.4) is 0 Å². The standard InChI is InChI=1S/C16H35N.C7H17N/c1-3-5-7-9-11-13-15-17-16-14-12-10-8-6-4-2;1-2-3-4-5-6-7-8/h17H,3-16H2,1-2H3;2-8H2,1H3. The lowest BCUT2D eigenvalue weighted by Gasteiger charge is -2.04. The second-order valence-corrected chi connectivity index (χ2v) is 7.49. The van der Waals surface area contributed by atoms with Crippen LogP contribution in [0.4, 0.5) is 0 Å². The van der Waals surface area contributed by atoms with E-state index in [1.54, 1.807) is 0 Å². The van der Waals surface area contributed by atoms with Crippen LogP contribution in [0.1, 0.15) is 130 Å². The Morgan fingerprint density at radius 1 is 0.440 bits per heavy atom. The van der Waals surface area contributed by atoms with Crippen molar-refractivity contribution < 1.29 is 0 Å². The van der Waals surface area contributed by atoms with Crippen molar-refractivity contribution >= 4 is 0 Å². The van der Waals surface area contributed by atoms with E-state index < -0.39 is 0 Å². The van der Waals surface area contributed by atoms with Gasteiger partial charge in [0.25, 0.3) is 0 Å². The molecule has 0 aromatic carbocycles. The van der Waals surface area contributed by atoms with Crippen molar-refractivity contribution in [3.05, 3.63) is 0 Å². The molecule has 0 aromatic heterocycles. The lowest BCUT2D eigenvalue weighted by Crippen LogP contribution is -2.16. The third kappa shape index (κ3) is 32.1. The molecule has 0 fully saturated rings. The van der Waals surface area contributed by atoms with Crippen molar-refractivity contribution in [3.63, 3.8) is 0 Å². The van der Waals surface area contributed by atoms with Gasteiger partial charge in [0.2, 0.25) is 0 Å². The molecule has 0 saturated heterocycles. The van der Waals surface area contributed by atoms with Gasteiger partial charge in [-0.3, -0.25) is 0 Å². The van der Waals surface area contributed by atoms with E-state index in [2.05, 4.69) is 26.1 Å². The van der Waals surface area contributed by atoms with Gasteiger partial charge in [-0.15, -0.1) is 0 Å². The van der Waals surface area contributed by atoms with E-state index in [4.69, 9.17) is 5.73 Å². The second kappa shape index (κ2) is 28.7. The first-order valence-corrected chi connectivity index (χ1v) is 11.7. The van der Waals surface area contributed by atoms with Gasteiger partial charge in [-0.05, 0) is 38.9 Å². The molecule has 0 rings (SSSR count). The Kier molecular flexibility index (Phi) is 31.2. The molecule has 0 aliphatic rings. The topological polar surface area (TPSA) is 38.0 Å². The maximum absolute atomic E-state index is 5.31. The van der Waals surface area contributed by atoms with Crippen LogP contribution in [0.15, 0.2) is 0 Å². The maximum atomic E-state index is 5.31. The molecular formula is C23H52N2. The van der Waals surface area contributed by atoms with Crippen molar-refractivity contribution in [2.45, 2.75) is 130 Å². The first kappa shape index (κ1) is 27.1. The summed E-state index contributed by atoms with van der Waals surface area (Å²) >= 11 is 0. The molecule has 0 spiro atoms. The van der Waals surface area contributed by atoms with E-state index in [1.165, 1.54) is 122 Å². The van der Waals surface area contributed by atoms with Gasteiger partial charge >= 0.3 is 0 Å². The number of nitrogens with one attached hydrogen (secondary N) is 1. The van der Waals surface area contributed by atoms with Gasteiger partial charge in [-0.1, -0.05) is 111 Å². The molecule has 0 aromatic rings. The van der Waals surface area contributed by atoms with Crippen LogP contribution >= 0.6 is 0 Å². The predicted molar refractivity (Wildman–Crippen MR) is 117 cm³/mol. The number of hydrogen-bond acceptors (Lipinski definition) is 2. The zero-order valence-electron chi connectivity index (χ0n) is 18.2. The average Bonchev–Trinajstić information content (AvgIpc) is 2.63. The lowest BCUT2D eigenvalue weighted by molar-refractivity contribution is 0.543. The summed E-state index contributed by atoms with van der Waals surface area (Å²) in [5.41, 5.74) is 5.31. The van der Waals surface area contributed by atoms with Crippen LogP contribution in [-0.2, 0) is 0 Å². The maximum Gasteiger partial charge on any atom is -0.00489 e. The Bertz CT molecular complexity index is 175. The van der Waals surface area contributed by atoms with Gasteiger partial charge in [0, 0.05) is 0 Å². The van der Waals surface area contributed by atoms with Crippen molar-refractivity contribution in [1.82, 2.24) is 5.32 Å². The van der Waals surface area contributed by atoms with Crippen molar-refractivity contribution in [3.8, 4) is 0 Å². The first-order valence-electron chi connectivity index (χ1n) is 11.7. The molecule has 0 atom stereocenters. The van der Waals surface area contributed by atoms with Gasteiger partial charge in [0.05, 0.1) is 0 Å². The summed E-state index contributed by atoms with van der Waals surface area (Å²) in [4.78, 5) is 0. The highest BCUT2D eigenvalue weighted by molar-refractivity contribution is 4.51. The second-order valence-electron chi connectivity index (χ2n) is 7.49. The smallest absolute Gasteiger partial charge is 0.00489 e. The normalized spacial score (nSPS) is 10.6. The van der Waals surface area contributed by atoms with Crippen molar-refractivity contribution in [1.29, 1.82) is 0 Å². The minimum Gasteiger partial charge on any atom is -0.330 e. The Balaban J connectivity index is 0. The van der Waals surface area contributed by atoms with E-state index in [0.717, 1.165) is 6.54 Å². The minimum atomic E-state index is 0.865. The summed E-state index contributed by atoms with van der Waals surface area (Å²) in [5, 5.41) is 3.57. The van der Waals surface area contributed by atoms with Crippen LogP contribution < -0.4 is 11.1 Å². The molecule has 2 nitrogen and oxygen atoms in total. The summed E-state index contributed by atoms with van der Waals surface area (Å²) in [5.74, 6) is 0. The van der Waals surface area contributed by atoms with Crippen molar-refractivity contribution in [2.75, 3.05) is 19.6 Å². The molecule has 0 saturated carbocycles. The highest BCUT2D eigenvalue weighted by Crippen LogP contribution is 2.05. The van der Waals surface area contributed by atoms with E-state index >= 15 is 0 Å². The van der Waals surface area contributed by atoms with Gasteiger partial charge in [0.1, 0.15) is 0 Å². The fraction of sp³-hybridized carbons (Fsp3) is 1.00. The van der Waals surface area contributed by atoms with Gasteiger partial charge in [-0.2, -0.15) is 0 Å². The minimum absolute atomic E-state index is 0.865. The highest BCUT2D eigenvalue weighted by Gasteiger charge is 1.92. The fourth-order valence-corrected chi connectivity index (χ4v) is 2.93. The number of hydrogen-bond donors (Lipinski definition) is 2. The first-order chi connectivity index (χ1) is 12.3. The SMILES string of the molecule is CCCCCCCCNCCCCCCCC.CCCCCCCN. The molecule has 0 heterocycles. The largest absolute Gasteiger partial charge is 0.330 e. The van der Waals surface area contributed by atoms with Crippen molar-refractivity contribution in [2.24, 2.45) is 5.73 Å². The van der Waals surface area contributed by atoms with Gasteiger partial charge in [0.15, 0.2) is 0 Å². The third-order valence-electron chi connectivity index (χ3n) is 4.72. The van der Waals surface area contributed by atoms with E-state index in [-0.39, 0.29) is 0 Å².